The third kappa shape index (κ3) is 4.81. The predicted molar refractivity (Wildman–Crippen MR) is 127 cm³/mol. The van der Waals surface area contributed by atoms with Gasteiger partial charge in [-0.25, -0.2) is 23.1 Å². The van der Waals surface area contributed by atoms with Crippen LogP contribution in [-0.4, -0.2) is 44.2 Å². The molecule has 1 amide bonds. The number of anilines is 3. The average Bonchev–Trinajstić information content (AvgIpc) is 3.19. The number of hydrogen-bond donors (Lipinski definition) is 3. The number of aromatic nitrogens is 4. The van der Waals surface area contributed by atoms with Crippen LogP contribution in [-0.2, 0) is 9.53 Å². The van der Waals surface area contributed by atoms with Gasteiger partial charge < -0.3 is 21.1 Å². The Morgan fingerprint density at radius 3 is 2.42 bits per heavy atom. The number of nitrogens with two attached hydrogens (primary N) is 1. The van der Waals surface area contributed by atoms with Crippen molar-refractivity contribution in [2.45, 2.75) is 57.0 Å². The maximum atomic E-state index is 14.5. The molecule has 36 heavy (non-hydrogen) atoms. The molecule has 192 valence electrons. The fourth-order valence-electron chi connectivity index (χ4n) is 4.99. The first-order valence-electron chi connectivity index (χ1n) is 12.0. The average molecular weight is 504 g/mol. The molecular weight excluding hydrogens is 475 g/mol. The van der Waals surface area contributed by atoms with Crippen molar-refractivity contribution in [3.63, 3.8) is 0 Å². The van der Waals surface area contributed by atoms with Crippen molar-refractivity contribution >= 4 is 34.7 Å². The summed E-state index contributed by atoms with van der Waals surface area (Å²) >= 11 is 0. The minimum absolute atomic E-state index is 0.152. The van der Waals surface area contributed by atoms with Crippen molar-refractivity contribution in [2.75, 3.05) is 23.8 Å². The summed E-state index contributed by atoms with van der Waals surface area (Å²) in [6.07, 6.45) is 5.50. The van der Waals surface area contributed by atoms with Gasteiger partial charge in [0.1, 0.15) is 17.0 Å². The van der Waals surface area contributed by atoms with Crippen molar-refractivity contribution in [1.82, 2.24) is 19.5 Å². The number of carbonyl (C=O) groups excluding carboxylic acids is 1. The van der Waals surface area contributed by atoms with Gasteiger partial charge in [0.2, 0.25) is 17.8 Å². The van der Waals surface area contributed by atoms with E-state index in [1.807, 2.05) is 0 Å². The molecule has 2 aromatic heterocycles. The van der Waals surface area contributed by atoms with Crippen LogP contribution in [0.3, 0.4) is 0 Å². The predicted octanol–water partition coefficient (Wildman–Crippen LogP) is 4.18. The number of imidazole rings is 1. The summed E-state index contributed by atoms with van der Waals surface area (Å²) in [4.78, 5) is 25.3. The first kappa shape index (κ1) is 24.3. The highest BCUT2D eigenvalue weighted by Crippen LogP contribution is 2.38. The first-order chi connectivity index (χ1) is 17.2. The molecule has 5 rings (SSSR count). The maximum Gasteiger partial charge on any atom is 0.225 e. The molecule has 0 atom stereocenters. The minimum atomic E-state index is -1.08. The Labute approximate surface area is 205 Å². The molecule has 0 spiro atoms. The van der Waals surface area contributed by atoms with Crippen LogP contribution in [0.25, 0.3) is 11.2 Å². The Bertz CT molecular complexity index is 1260. The summed E-state index contributed by atoms with van der Waals surface area (Å²) in [5, 5.41) is 6.10. The van der Waals surface area contributed by atoms with Gasteiger partial charge in [-0.05, 0) is 45.4 Å². The zero-order valence-electron chi connectivity index (χ0n) is 19.9. The maximum absolute atomic E-state index is 14.5. The molecule has 0 unspecified atom stereocenters. The highest BCUT2D eigenvalue weighted by Gasteiger charge is 2.31. The summed E-state index contributed by atoms with van der Waals surface area (Å²) in [5.41, 5.74) is 5.66. The third-order valence-electron chi connectivity index (χ3n) is 7.15. The van der Waals surface area contributed by atoms with Crippen LogP contribution in [0.5, 0.6) is 0 Å². The Balaban J connectivity index is 1.54. The lowest BCUT2D eigenvalue weighted by atomic mass is 9.85. The number of halogens is 3. The first-order valence-corrected chi connectivity index (χ1v) is 12.0. The number of hydrogen-bond acceptors (Lipinski definition) is 7. The largest absolute Gasteiger partial charge is 0.381 e. The van der Waals surface area contributed by atoms with E-state index in [0.29, 0.717) is 68.1 Å². The summed E-state index contributed by atoms with van der Waals surface area (Å²) in [6, 6.07) is 1.06. The van der Waals surface area contributed by atoms with E-state index >= 15 is 0 Å². The monoisotopic (exact) mass is 503 g/mol. The van der Waals surface area contributed by atoms with Gasteiger partial charge in [-0.15, -0.1) is 0 Å². The van der Waals surface area contributed by atoms with Crippen LogP contribution in [0.4, 0.5) is 30.8 Å². The van der Waals surface area contributed by atoms with E-state index in [-0.39, 0.29) is 29.4 Å². The van der Waals surface area contributed by atoms with Crippen molar-refractivity contribution in [3.8, 4) is 0 Å². The number of rotatable bonds is 6. The molecule has 1 saturated carbocycles. The Kier molecular flexibility index (Phi) is 6.45. The fraction of sp³-hybridized carbons (Fsp3) is 0.500. The molecule has 2 aliphatic rings. The molecule has 4 N–H and O–H groups in total. The Morgan fingerprint density at radius 1 is 1.11 bits per heavy atom. The SMILES string of the molecule is CC1(Nc2ncc3nc(Nc4c(F)cc(F)cc4F)n([C@H]4CC[C@H](C(N)=O)CC4)c3n2)CCOCC1. The molecule has 1 aliphatic carbocycles. The van der Waals surface area contributed by atoms with E-state index in [0.717, 1.165) is 12.8 Å². The number of carbonyl (C=O) groups is 1. The van der Waals surface area contributed by atoms with Crippen LogP contribution in [0, 0.1) is 23.4 Å². The van der Waals surface area contributed by atoms with Crippen molar-refractivity contribution in [1.29, 1.82) is 0 Å². The van der Waals surface area contributed by atoms with Crippen molar-refractivity contribution < 1.29 is 22.7 Å². The van der Waals surface area contributed by atoms with E-state index in [2.05, 4.69) is 27.5 Å². The zero-order valence-corrected chi connectivity index (χ0v) is 19.9. The van der Waals surface area contributed by atoms with Gasteiger partial charge in [0.15, 0.2) is 17.3 Å². The molecule has 1 saturated heterocycles. The van der Waals surface area contributed by atoms with E-state index in [9.17, 15) is 18.0 Å². The van der Waals surface area contributed by atoms with E-state index in [4.69, 9.17) is 15.5 Å². The molecule has 2 fully saturated rings. The highest BCUT2D eigenvalue weighted by atomic mass is 19.1. The molecule has 3 aromatic rings. The smallest absolute Gasteiger partial charge is 0.225 e. The van der Waals surface area contributed by atoms with Gasteiger partial charge in [0.05, 0.1) is 6.20 Å². The number of benzene rings is 1. The molecule has 0 radical (unpaired) electrons. The molecule has 3 heterocycles. The number of ether oxygens (including phenoxy) is 1. The summed E-state index contributed by atoms with van der Waals surface area (Å²) in [5.74, 6) is -3.17. The molecular formula is C24H28F3N7O2. The number of amides is 1. The van der Waals surface area contributed by atoms with E-state index in [1.54, 1.807) is 10.8 Å². The van der Waals surface area contributed by atoms with Gasteiger partial charge >= 0.3 is 0 Å². The third-order valence-corrected chi connectivity index (χ3v) is 7.15. The van der Waals surface area contributed by atoms with Crippen LogP contribution in [0.15, 0.2) is 18.3 Å². The highest BCUT2D eigenvalue weighted by molar-refractivity contribution is 5.78. The second kappa shape index (κ2) is 9.57. The Morgan fingerprint density at radius 2 is 1.78 bits per heavy atom. The lowest BCUT2D eigenvalue weighted by molar-refractivity contribution is -0.122. The van der Waals surface area contributed by atoms with Gasteiger partial charge in [0.25, 0.3) is 0 Å². The molecule has 0 bridgehead atoms. The summed E-state index contributed by atoms with van der Waals surface area (Å²) in [7, 11) is 0. The molecule has 9 nitrogen and oxygen atoms in total. The lowest BCUT2D eigenvalue weighted by Gasteiger charge is -2.34. The normalized spacial score (nSPS) is 21.9. The Hall–Kier alpha value is -3.41. The van der Waals surface area contributed by atoms with Crippen LogP contribution < -0.4 is 16.4 Å². The van der Waals surface area contributed by atoms with Crippen LogP contribution >= 0.6 is 0 Å². The second-order valence-corrected chi connectivity index (χ2v) is 9.78. The minimum Gasteiger partial charge on any atom is -0.381 e. The number of nitrogens with zero attached hydrogens (tertiary/aromatic N) is 4. The topological polar surface area (TPSA) is 120 Å². The molecule has 1 aliphatic heterocycles. The van der Waals surface area contributed by atoms with Gasteiger partial charge in [-0.2, -0.15) is 4.98 Å². The summed E-state index contributed by atoms with van der Waals surface area (Å²) in [6.45, 7) is 3.35. The van der Waals surface area contributed by atoms with Crippen molar-refractivity contribution in [2.24, 2.45) is 11.7 Å². The van der Waals surface area contributed by atoms with Gasteiger partial charge in [0, 0.05) is 42.8 Å². The second-order valence-electron chi connectivity index (χ2n) is 9.78. The van der Waals surface area contributed by atoms with E-state index in [1.165, 1.54) is 0 Å². The standard InChI is InChI=1S/C24H28F3N7O2/c1-24(6-8-36-9-7-24)33-22-29-12-18-21(32-22)34(15-4-2-13(3-5-15)20(28)35)23(30-18)31-19-16(26)10-14(25)11-17(19)27/h10-13,15H,2-9H2,1H3,(H2,28,35)(H,30,31)(H,29,32,33)/t13-,15-. The van der Waals surface area contributed by atoms with Crippen LogP contribution in [0.2, 0.25) is 0 Å². The number of primary amides is 1. The van der Waals surface area contributed by atoms with Crippen LogP contribution in [0.1, 0.15) is 51.5 Å². The quantitative estimate of drug-likeness (QED) is 0.461. The fourth-order valence-corrected chi connectivity index (χ4v) is 4.99. The van der Waals surface area contributed by atoms with Crippen molar-refractivity contribution in [3.05, 3.63) is 35.8 Å². The van der Waals surface area contributed by atoms with Gasteiger partial charge in [-0.3, -0.25) is 9.36 Å². The van der Waals surface area contributed by atoms with Gasteiger partial charge in [-0.1, -0.05) is 0 Å². The number of nitrogens with one attached hydrogen (secondary N) is 2. The zero-order chi connectivity index (χ0) is 25.4. The summed E-state index contributed by atoms with van der Waals surface area (Å²) < 4.78 is 49.6. The molecule has 1 aromatic carbocycles. The molecule has 12 heteroatoms. The number of fused-ring (bicyclic) bond motifs is 1. The lowest BCUT2D eigenvalue weighted by Crippen LogP contribution is -2.41. The van der Waals surface area contributed by atoms with E-state index < -0.39 is 23.1 Å².